The van der Waals surface area contributed by atoms with E-state index in [1.165, 1.54) is 4.90 Å². The lowest BCUT2D eigenvalue weighted by Crippen LogP contribution is -2.40. The van der Waals surface area contributed by atoms with E-state index < -0.39 is 0 Å². The summed E-state index contributed by atoms with van der Waals surface area (Å²) in [5.74, 6) is -0.169. The van der Waals surface area contributed by atoms with E-state index in [9.17, 15) is 14.4 Å². The zero-order chi connectivity index (χ0) is 17.1. The van der Waals surface area contributed by atoms with Crippen LogP contribution < -0.4 is 5.32 Å². The number of carbonyl (C=O) groups excluding carboxylic acids is 3. The summed E-state index contributed by atoms with van der Waals surface area (Å²) in [6.07, 6.45) is 2.04. The summed E-state index contributed by atoms with van der Waals surface area (Å²) in [5.41, 5.74) is 1.28. The van der Waals surface area contributed by atoms with Gasteiger partial charge in [0.05, 0.1) is 24.4 Å². The van der Waals surface area contributed by atoms with Gasteiger partial charge in [-0.2, -0.15) is 0 Å². The molecule has 0 aliphatic carbocycles. The summed E-state index contributed by atoms with van der Waals surface area (Å²) < 4.78 is 5.59. The molecule has 0 radical (unpaired) electrons. The Bertz CT molecular complexity index is 642. The number of imide groups is 1. The second kappa shape index (κ2) is 7.36. The highest BCUT2D eigenvalue weighted by molar-refractivity contribution is 8.14. The zero-order valence-corrected chi connectivity index (χ0v) is 14.3. The van der Waals surface area contributed by atoms with Crippen LogP contribution in [0.5, 0.6) is 0 Å². The molecule has 2 heterocycles. The standard InChI is InChI=1S/C17H20N2O4S/c1-11(14-6-3-7-23-14)18-16(21)13-5-2-4-12(8-13)9-19-15(20)10-24-17(19)22/h2,4-5,8,11,14H,3,6-7,9-10H2,1H3,(H,18,21)/t11-,14+/m0/s1. The molecule has 2 aliphatic rings. The minimum Gasteiger partial charge on any atom is -0.376 e. The first-order valence-corrected chi connectivity index (χ1v) is 9.01. The number of amides is 3. The lowest BCUT2D eigenvalue weighted by Gasteiger charge is -2.20. The molecule has 2 fully saturated rings. The van der Waals surface area contributed by atoms with E-state index in [4.69, 9.17) is 4.74 Å². The van der Waals surface area contributed by atoms with Crippen molar-refractivity contribution in [2.24, 2.45) is 0 Å². The second-order valence-corrected chi connectivity index (χ2v) is 6.98. The van der Waals surface area contributed by atoms with Gasteiger partial charge >= 0.3 is 0 Å². The molecule has 24 heavy (non-hydrogen) atoms. The van der Waals surface area contributed by atoms with Gasteiger partial charge in [0.25, 0.3) is 11.1 Å². The van der Waals surface area contributed by atoms with Gasteiger partial charge < -0.3 is 10.1 Å². The van der Waals surface area contributed by atoms with Crippen LogP contribution in [-0.2, 0) is 16.1 Å². The average Bonchev–Trinajstić information content (AvgIpc) is 3.21. The van der Waals surface area contributed by atoms with Crippen LogP contribution in [0.15, 0.2) is 24.3 Å². The van der Waals surface area contributed by atoms with E-state index in [0.29, 0.717) is 5.56 Å². The van der Waals surface area contributed by atoms with Crippen molar-refractivity contribution >= 4 is 28.8 Å². The van der Waals surface area contributed by atoms with Crippen molar-refractivity contribution in [2.75, 3.05) is 12.4 Å². The number of hydrogen-bond acceptors (Lipinski definition) is 5. The topological polar surface area (TPSA) is 75.7 Å². The molecule has 0 aromatic heterocycles. The van der Waals surface area contributed by atoms with Gasteiger partial charge in [-0.3, -0.25) is 19.3 Å². The molecular formula is C17H20N2O4S. The third kappa shape index (κ3) is 3.79. The lowest BCUT2D eigenvalue weighted by molar-refractivity contribution is -0.125. The molecule has 1 aromatic carbocycles. The fourth-order valence-electron chi connectivity index (χ4n) is 2.91. The van der Waals surface area contributed by atoms with Crippen molar-refractivity contribution in [1.82, 2.24) is 10.2 Å². The maximum atomic E-state index is 12.4. The summed E-state index contributed by atoms with van der Waals surface area (Å²) >= 11 is 1.01. The quantitative estimate of drug-likeness (QED) is 0.883. The van der Waals surface area contributed by atoms with Crippen molar-refractivity contribution in [2.45, 2.75) is 38.5 Å². The third-order valence-corrected chi connectivity index (χ3v) is 5.11. The molecule has 1 N–H and O–H groups in total. The first kappa shape index (κ1) is 17.0. The Hall–Kier alpha value is -1.86. The van der Waals surface area contributed by atoms with Crippen LogP contribution in [0.2, 0.25) is 0 Å². The predicted molar refractivity (Wildman–Crippen MR) is 90.7 cm³/mol. The normalized spacial score (nSPS) is 22.0. The van der Waals surface area contributed by atoms with Crippen molar-refractivity contribution in [3.8, 4) is 0 Å². The van der Waals surface area contributed by atoms with Gasteiger partial charge in [0.1, 0.15) is 0 Å². The first-order valence-electron chi connectivity index (χ1n) is 8.03. The van der Waals surface area contributed by atoms with Crippen LogP contribution >= 0.6 is 11.8 Å². The average molecular weight is 348 g/mol. The zero-order valence-electron chi connectivity index (χ0n) is 13.5. The van der Waals surface area contributed by atoms with Gasteiger partial charge in [-0.05, 0) is 37.5 Å². The largest absolute Gasteiger partial charge is 0.376 e. The number of benzene rings is 1. The van der Waals surface area contributed by atoms with Gasteiger partial charge in [0, 0.05) is 12.2 Å². The number of hydrogen-bond donors (Lipinski definition) is 1. The van der Waals surface area contributed by atoms with Gasteiger partial charge in [0.2, 0.25) is 5.91 Å². The number of nitrogens with zero attached hydrogens (tertiary/aromatic N) is 1. The summed E-state index contributed by atoms with van der Waals surface area (Å²) in [4.78, 5) is 37.0. The minimum absolute atomic E-state index is 0.0539. The lowest BCUT2D eigenvalue weighted by atomic mass is 10.1. The van der Waals surface area contributed by atoms with Crippen LogP contribution in [0.3, 0.4) is 0 Å². The Kier molecular flexibility index (Phi) is 5.20. The Morgan fingerprint density at radius 2 is 2.29 bits per heavy atom. The molecule has 2 atom stereocenters. The molecule has 1 aromatic rings. The van der Waals surface area contributed by atoms with Gasteiger partial charge in [0.15, 0.2) is 0 Å². The summed E-state index contributed by atoms with van der Waals surface area (Å²) in [6, 6.07) is 6.97. The highest BCUT2D eigenvalue weighted by Gasteiger charge is 2.30. The van der Waals surface area contributed by atoms with Gasteiger partial charge in [-0.25, -0.2) is 0 Å². The highest BCUT2D eigenvalue weighted by Crippen LogP contribution is 2.21. The molecule has 0 bridgehead atoms. The first-order chi connectivity index (χ1) is 11.5. The summed E-state index contributed by atoms with van der Waals surface area (Å²) in [5, 5.41) is 2.73. The van der Waals surface area contributed by atoms with Crippen LogP contribution in [0.1, 0.15) is 35.7 Å². The summed E-state index contributed by atoms with van der Waals surface area (Å²) in [6.45, 7) is 2.89. The maximum absolute atomic E-state index is 12.4. The van der Waals surface area contributed by atoms with E-state index in [1.807, 2.05) is 13.0 Å². The van der Waals surface area contributed by atoms with E-state index >= 15 is 0 Å². The smallest absolute Gasteiger partial charge is 0.289 e. The SMILES string of the molecule is C[C@H](NC(=O)c1cccc(CN2C(=O)CSC2=O)c1)[C@H]1CCCO1. The molecule has 6 nitrogen and oxygen atoms in total. The predicted octanol–water partition coefficient (Wildman–Crippen LogP) is 2.18. The molecule has 3 amide bonds. The third-order valence-electron chi connectivity index (χ3n) is 4.25. The van der Waals surface area contributed by atoms with Gasteiger partial charge in [-0.1, -0.05) is 23.9 Å². The number of carbonyl (C=O) groups is 3. The molecule has 128 valence electrons. The van der Waals surface area contributed by atoms with Crippen LogP contribution in [0.4, 0.5) is 4.79 Å². The monoisotopic (exact) mass is 348 g/mol. The second-order valence-electron chi connectivity index (χ2n) is 6.05. The Balaban J connectivity index is 1.64. The minimum atomic E-state index is -0.234. The maximum Gasteiger partial charge on any atom is 0.289 e. The fraction of sp³-hybridized carbons (Fsp3) is 0.471. The molecule has 0 spiro atoms. The number of rotatable bonds is 5. The fourth-order valence-corrected chi connectivity index (χ4v) is 3.63. The van der Waals surface area contributed by atoms with E-state index in [-0.39, 0.29) is 41.5 Å². The van der Waals surface area contributed by atoms with Crippen molar-refractivity contribution in [3.05, 3.63) is 35.4 Å². The Labute approximate surface area is 144 Å². The van der Waals surface area contributed by atoms with E-state index in [2.05, 4.69) is 5.32 Å². The van der Waals surface area contributed by atoms with E-state index in [0.717, 1.165) is 36.8 Å². The van der Waals surface area contributed by atoms with Crippen molar-refractivity contribution in [1.29, 1.82) is 0 Å². The molecular weight excluding hydrogens is 328 g/mol. The highest BCUT2D eigenvalue weighted by atomic mass is 32.2. The molecule has 7 heteroatoms. The number of thioether (sulfide) groups is 1. The van der Waals surface area contributed by atoms with Crippen molar-refractivity contribution in [3.63, 3.8) is 0 Å². The molecule has 0 saturated carbocycles. The molecule has 2 aliphatic heterocycles. The van der Waals surface area contributed by atoms with Crippen LogP contribution in [-0.4, -0.2) is 46.5 Å². The Morgan fingerprint density at radius 3 is 2.96 bits per heavy atom. The number of nitrogens with one attached hydrogen (secondary N) is 1. The van der Waals surface area contributed by atoms with Gasteiger partial charge in [-0.15, -0.1) is 0 Å². The number of ether oxygens (including phenoxy) is 1. The molecule has 0 unspecified atom stereocenters. The van der Waals surface area contributed by atoms with Crippen LogP contribution in [0.25, 0.3) is 0 Å². The summed E-state index contributed by atoms with van der Waals surface area (Å²) in [7, 11) is 0. The molecule has 3 rings (SSSR count). The molecule has 2 saturated heterocycles. The van der Waals surface area contributed by atoms with Crippen molar-refractivity contribution < 1.29 is 19.1 Å². The Morgan fingerprint density at radius 1 is 1.46 bits per heavy atom. The van der Waals surface area contributed by atoms with Crippen LogP contribution in [0, 0.1) is 0 Å². The van der Waals surface area contributed by atoms with E-state index in [1.54, 1.807) is 18.2 Å².